The summed E-state index contributed by atoms with van der Waals surface area (Å²) in [6, 6.07) is 6.39. The highest BCUT2D eigenvalue weighted by atomic mass is 16.5. The van der Waals surface area contributed by atoms with E-state index in [1.165, 1.54) is 24.0 Å². The van der Waals surface area contributed by atoms with Crippen LogP contribution in [0.1, 0.15) is 30.4 Å². The molecular weight excluding hydrogens is 198 g/mol. The molecule has 2 atom stereocenters. The van der Waals surface area contributed by atoms with Gasteiger partial charge >= 0.3 is 0 Å². The Morgan fingerprint density at radius 1 is 1.19 bits per heavy atom. The van der Waals surface area contributed by atoms with Gasteiger partial charge in [-0.1, -0.05) is 6.07 Å². The van der Waals surface area contributed by atoms with Crippen LogP contribution in [0.2, 0.25) is 0 Å². The normalized spacial score (nSPS) is 24.7. The molecule has 0 aliphatic heterocycles. The van der Waals surface area contributed by atoms with Gasteiger partial charge in [0.2, 0.25) is 0 Å². The third-order valence-corrected chi connectivity index (χ3v) is 3.37. The fourth-order valence-corrected chi connectivity index (χ4v) is 2.60. The number of ether oxygens (including phenoxy) is 1. The summed E-state index contributed by atoms with van der Waals surface area (Å²) >= 11 is 0. The van der Waals surface area contributed by atoms with Crippen molar-refractivity contribution in [1.82, 2.24) is 0 Å². The summed E-state index contributed by atoms with van der Waals surface area (Å²) in [6.07, 6.45) is 3.93. The molecule has 1 aliphatic rings. The van der Waals surface area contributed by atoms with Gasteiger partial charge in [0.05, 0.1) is 0 Å². The molecule has 2 N–H and O–H groups in total. The molecule has 2 unspecified atom stereocenters. The average Bonchev–Trinajstić information content (AvgIpc) is 2.63. The van der Waals surface area contributed by atoms with Crippen LogP contribution >= 0.6 is 0 Å². The summed E-state index contributed by atoms with van der Waals surface area (Å²) in [5.41, 5.74) is 8.28. The smallest absolute Gasteiger partial charge is 0.120 e. The monoisotopic (exact) mass is 219 g/mol. The lowest BCUT2D eigenvalue weighted by Crippen LogP contribution is -2.27. The molecule has 0 heterocycles. The molecule has 0 saturated heterocycles. The predicted molar refractivity (Wildman–Crippen MR) is 66.7 cm³/mol. The van der Waals surface area contributed by atoms with Crippen LogP contribution in [-0.2, 0) is 0 Å². The van der Waals surface area contributed by atoms with Gasteiger partial charge in [-0.2, -0.15) is 0 Å². The molecule has 1 aromatic rings. The summed E-state index contributed by atoms with van der Waals surface area (Å²) in [5.74, 6) is 1.55. The van der Waals surface area contributed by atoms with E-state index in [9.17, 15) is 0 Å². The molecule has 2 nitrogen and oxygen atoms in total. The van der Waals surface area contributed by atoms with Gasteiger partial charge in [0.15, 0.2) is 0 Å². The van der Waals surface area contributed by atoms with E-state index in [0.717, 1.165) is 18.7 Å². The molecule has 88 valence electrons. The van der Waals surface area contributed by atoms with Gasteiger partial charge in [0.25, 0.3) is 0 Å². The second-order valence-corrected chi connectivity index (χ2v) is 4.91. The van der Waals surface area contributed by atoms with Crippen molar-refractivity contribution in [1.29, 1.82) is 0 Å². The maximum atomic E-state index is 6.06. The first-order chi connectivity index (χ1) is 7.69. The summed E-state index contributed by atoms with van der Waals surface area (Å²) in [5, 5.41) is 0. The average molecular weight is 219 g/mol. The zero-order valence-electron chi connectivity index (χ0n) is 10.2. The Hall–Kier alpha value is -1.02. The molecular formula is C14H21NO. The Bertz CT molecular complexity index is 342. The molecule has 1 fully saturated rings. The van der Waals surface area contributed by atoms with Crippen LogP contribution in [-0.4, -0.2) is 12.6 Å². The zero-order chi connectivity index (χ0) is 11.5. The standard InChI is InChI=1S/C14H21NO/c1-10-6-11(2)8-13(7-10)16-14-5-3-4-12(14)9-15/h6-8,12,14H,3-5,9,15H2,1-2H3. The van der Waals surface area contributed by atoms with Crippen molar-refractivity contribution in [2.24, 2.45) is 11.7 Å². The first-order valence-electron chi connectivity index (χ1n) is 6.14. The maximum Gasteiger partial charge on any atom is 0.120 e. The van der Waals surface area contributed by atoms with Gasteiger partial charge in [-0.05, 0) is 62.9 Å². The Kier molecular flexibility index (Phi) is 3.49. The fourth-order valence-electron chi connectivity index (χ4n) is 2.60. The quantitative estimate of drug-likeness (QED) is 0.848. The van der Waals surface area contributed by atoms with Crippen LogP contribution in [0.25, 0.3) is 0 Å². The SMILES string of the molecule is Cc1cc(C)cc(OC2CCCC2CN)c1. The van der Waals surface area contributed by atoms with E-state index >= 15 is 0 Å². The van der Waals surface area contributed by atoms with Gasteiger partial charge in [0, 0.05) is 5.92 Å². The molecule has 1 saturated carbocycles. The number of aryl methyl sites for hydroxylation is 2. The van der Waals surface area contributed by atoms with Crippen molar-refractivity contribution >= 4 is 0 Å². The number of hydrogen-bond acceptors (Lipinski definition) is 2. The van der Waals surface area contributed by atoms with E-state index in [0.29, 0.717) is 12.0 Å². The molecule has 0 bridgehead atoms. The molecule has 0 spiro atoms. The molecule has 2 heteroatoms. The lowest BCUT2D eigenvalue weighted by atomic mass is 10.1. The first kappa shape index (κ1) is 11.5. The molecule has 0 amide bonds. The number of hydrogen-bond donors (Lipinski definition) is 1. The predicted octanol–water partition coefficient (Wildman–Crippen LogP) is 2.81. The number of rotatable bonds is 3. The van der Waals surface area contributed by atoms with Crippen LogP contribution in [0.5, 0.6) is 5.75 Å². The summed E-state index contributed by atoms with van der Waals surface area (Å²) in [4.78, 5) is 0. The first-order valence-corrected chi connectivity index (χ1v) is 6.14. The van der Waals surface area contributed by atoms with Gasteiger partial charge < -0.3 is 10.5 Å². The molecule has 0 aromatic heterocycles. The van der Waals surface area contributed by atoms with E-state index < -0.39 is 0 Å². The van der Waals surface area contributed by atoms with Crippen LogP contribution < -0.4 is 10.5 Å². The minimum atomic E-state index is 0.325. The van der Waals surface area contributed by atoms with Crippen molar-refractivity contribution in [3.8, 4) is 5.75 Å². The fraction of sp³-hybridized carbons (Fsp3) is 0.571. The van der Waals surface area contributed by atoms with Crippen molar-refractivity contribution < 1.29 is 4.74 Å². The minimum absolute atomic E-state index is 0.325. The minimum Gasteiger partial charge on any atom is -0.490 e. The zero-order valence-corrected chi connectivity index (χ0v) is 10.2. The number of nitrogens with two attached hydrogens (primary N) is 1. The largest absolute Gasteiger partial charge is 0.490 e. The molecule has 1 aliphatic carbocycles. The maximum absolute atomic E-state index is 6.06. The highest BCUT2D eigenvalue weighted by molar-refractivity contribution is 5.33. The third kappa shape index (κ3) is 2.56. The summed E-state index contributed by atoms with van der Waals surface area (Å²) < 4.78 is 6.06. The van der Waals surface area contributed by atoms with Crippen molar-refractivity contribution in [2.45, 2.75) is 39.2 Å². The summed E-state index contributed by atoms with van der Waals surface area (Å²) in [6.45, 7) is 4.96. The van der Waals surface area contributed by atoms with Crippen LogP contribution in [0.4, 0.5) is 0 Å². The topological polar surface area (TPSA) is 35.2 Å². The lowest BCUT2D eigenvalue weighted by molar-refractivity contribution is 0.162. The van der Waals surface area contributed by atoms with Gasteiger partial charge in [-0.3, -0.25) is 0 Å². The van der Waals surface area contributed by atoms with Crippen LogP contribution in [0.3, 0.4) is 0 Å². The lowest BCUT2D eigenvalue weighted by Gasteiger charge is -2.20. The van der Waals surface area contributed by atoms with E-state index in [4.69, 9.17) is 10.5 Å². The Morgan fingerprint density at radius 2 is 1.88 bits per heavy atom. The molecule has 1 aromatic carbocycles. The van der Waals surface area contributed by atoms with Gasteiger partial charge in [0.1, 0.15) is 11.9 Å². The van der Waals surface area contributed by atoms with E-state index in [-0.39, 0.29) is 0 Å². The second-order valence-electron chi connectivity index (χ2n) is 4.91. The highest BCUT2D eigenvalue weighted by Gasteiger charge is 2.27. The van der Waals surface area contributed by atoms with Crippen molar-refractivity contribution in [3.63, 3.8) is 0 Å². The molecule has 2 rings (SSSR count). The summed E-state index contributed by atoms with van der Waals surface area (Å²) in [7, 11) is 0. The van der Waals surface area contributed by atoms with E-state index in [2.05, 4.69) is 32.0 Å². The van der Waals surface area contributed by atoms with Gasteiger partial charge in [-0.15, -0.1) is 0 Å². The van der Waals surface area contributed by atoms with Crippen molar-refractivity contribution in [2.75, 3.05) is 6.54 Å². The van der Waals surface area contributed by atoms with E-state index in [1.807, 2.05) is 0 Å². The second kappa shape index (κ2) is 4.88. The Balaban J connectivity index is 2.08. The molecule has 16 heavy (non-hydrogen) atoms. The number of benzene rings is 1. The Labute approximate surface area is 97.8 Å². The molecule has 0 radical (unpaired) electrons. The van der Waals surface area contributed by atoms with E-state index in [1.54, 1.807) is 0 Å². The van der Waals surface area contributed by atoms with Gasteiger partial charge in [-0.25, -0.2) is 0 Å². The van der Waals surface area contributed by atoms with Crippen molar-refractivity contribution in [3.05, 3.63) is 29.3 Å². The highest BCUT2D eigenvalue weighted by Crippen LogP contribution is 2.29. The third-order valence-electron chi connectivity index (χ3n) is 3.37. The van der Waals surface area contributed by atoms with Crippen LogP contribution in [0, 0.1) is 19.8 Å². The van der Waals surface area contributed by atoms with Crippen LogP contribution in [0.15, 0.2) is 18.2 Å². The Morgan fingerprint density at radius 3 is 2.50 bits per heavy atom.